The van der Waals surface area contributed by atoms with E-state index in [4.69, 9.17) is 4.74 Å². The van der Waals surface area contributed by atoms with Crippen LogP contribution in [0.3, 0.4) is 0 Å². The van der Waals surface area contributed by atoms with Gasteiger partial charge >= 0.3 is 0 Å². The average Bonchev–Trinajstić information content (AvgIpc) is 3.20. The van der Waals surface area contributed by atoms with Gasteiger partial charge in [-0.05, 0) is 43.2 Å². The van der Waals surface area contributed by atoms with Crippen molar-refractivity contribution < 1.29 is 4.74 Å². The Morgan fingerprint density at radius 2 is 2.17 bits per heavy atom. The van der Waals surface area contributed by atoms with Gasteiger partial charge in [0.2, 0.25) is 0 Å². The summed E-state index contributed by atoms with van der Waals surface area (Å²) >= 11 is 0. The summed E-state index contributed by atoms with van der Waals surface area (Å²) in [7, 11) is 1.98. The lowest BCUT2D eigenvalue weighted by atomic mass is 10.1. The number of aryl methyl sites for hydroxylation is 1. The van der Waals surface area contributed by atoms with Gasteiger partial charge in [0.05, 0.1) is 6.20 Å². The number of rotatable bonds is 7. The summed E-state index contributed by atoms with van der Waals surface area (Å²) < 4.78 is 10.2. The van der Waals surface area contributed by atoms with Crippen LogP contribution in [-0.4, -0.2) is 39.0 Å². The maximum Gasteiger partial charge on any atom is 0.0534 e. The minimum absolute atomic E-state index is 0.648. The predicted octanol–water partition coefficient (Wildman–Crippen LogP) is 2.67. The van der Waals surface area contributed by atoms with Crippen molar-refractivity contribution in [3.63, 3.8) is 0 Å². The second kappa shape index (κ2) is 7.11. The van der Waals surface area contributed by atoms with E-state index >= 15 is 0 Å². The number of nitrogens with zero attached hydrogens (tertiary/aromatic N) is 4. The molecule has 1 atom stereocenters. The minimum Gasteiger partial charge on any atom is -0.381 e. The summed E-state index contributed by atoms with van der Waals surface area (Å²) in [6.07, 6.45) is 10.2. The summed E-state index contributed by atoms with van der Waals surface area (Å²) in [6.45, 7) is 6.10. The molecule has 1 saturated carbocycles. The monoisotopic (exact) mass is 328 g/mol. The summed E-state index contributed by atoms with van der Waals surface area (Å²) in [5.74, 6) is 1.51. The van der Waals surface area contributed by atoms with E-state index in [1.807, 2.05) is 17.9 Å². The highest BCUT2D eigenvalue weighted by Crippen LogP contribution is 2.29. The summed E-state index contributed by atoms with van der Waals surface area (Å²) in [5.41, 5.74) is 2.71. The third-order valence-electron chi connectivity index (χ3n) is 5.17. The highest BCUT2D eigenvalue weighted by Gasteiger charge is 2.23. The number of hydrogen-bond donors (Lipinski definition) is 0. The molecule has 0 bridgehead atoms. The van der Waals surface area contributed by atoms with Crippen LogP contribution in [0, 0.1) is 11.8 Å². The van der Waals surface area contributed by atoms with Crippen molar-refractivity contribution in [2.75, 3.05) is 19.8 Å². The van der Waals surface area contributed by atoms with Crippen LogP contribution in [0.4, 0.5) is 0 Å². The van der Waals surface area contributed by atoms with Crippen LogP contribution < -0.4 is 0 Å². The lowest BCUT2D eigenvalue weighted by molar-refractivity contribution is 0.101. The molecule has 0 N–H and O–H groups in total. The zero-order valence-electron chi connectivity index (χ0n) is 14.6. The molecule has 0 saturated heterocycles. The van der Waals surface area contributed by atoms with Gasteiger partial charge in [-0.1, -0.05) is 0 Å². The number of aromatic nitrogens is 3. The minimum atomic E-state index is 0.648. The van der Waals surface area contributed by atoms with Gasteiger partial charge in [-0.15, -0.1) is 0 Å². The molecular weight excluding hydrogens is 300 g/mol. The first kappa shape index (κ1) is 15.9. The van der Waals surface area contributed by atoms with E-state index < -0.39 is 0 Å². The zero-order chi connectivity index (χ0) is 16.4. The highest BCUT2D eigenvalue weighted by atomic mass is 16.5. The molecule has 0 aromatic carbocycles. The fourth-order valence-corrected chi connectivity index (χ4v) is 3.67. The molecule has 1 fully saturated rings. The molecule has 0 spiro atoms. The van der Waals surface area contributed by atoms with E-state index in [1.54, 1.807) is 0 Å². The van der Waals surface area contributed by atoms with Crippen molar-refractivity contribution in [2.45, 2.75) is 38.9 Å². The first-order valence-corrected chi connectivity index (χ1v) is 9.18. The van der Waals surface area contributed by atoms with Crippen molar-refractivity contribution in [2.24, 2.45) is 18.9 Å². The second-order valence-electron chi connectivity index (χ2n) is 7.52. The Morgan fingerprint density at radius 3 is 2.96 bits per heavy atom. The topological polar surface area (TPSA) is 35.2 Å². The molecule has 2 aliphatic rings. The highest BCUT2D eigenvalue weighted by molar-refractivity contribution is 5.10. The van der Waals surface area contributed by atoms with Crippen LogP contribution in [0.1, 0.15) is 30.5 Å². The van der Waals surface area contributed by atoms with Crippen molar-refractivity contribution in [1.82, 2.24) is 19.2 Å². The van der Waals surface area contributed by atoms with Gasteiger partial charge in [-0.3, -0.25) is 9.58 Å². The van der Waals surface area contributed by atoms with Crippen LogP contribution >= 0.6 is 0 Å². The van der Waals surface area contributed by atoms with E-state index in [0.717, 1.165) is 51.7 Å². The van der Waals surface area contributed by atoms with Gasteiger partial charge in [0.15, 0.2) is 0 Å². The molecule has 2 aromatic heterocycles. The van der Waals surface area contributed by atoms with Gasteiger partial charge in [0, 0.05) is 70.1 Å². The third kappa shape index (κ3) is 4.08. The van der Waals surface area contributed by atoms with Crippen LogP contribution in [0.2, 0.25) is 0 Å². The van der Waals surface area contributed by atoms with Crippen LogP contribution in [-0.2, 0) is 31.4 Å². The fourth-order valence-electron chi connectivity index (χ4n) is 3.67. The van der Waals surface area contributed by atoms with Gasteiger partial charge in [0.25, 0.3) is 0 Å². The zero-order valence-corrected chi connectivity index (χ0v) is 14.6. The maximum atomic E-state index is 5.89. The predicted molar refractivity (Wildman–Crippen MR) is 93.4 cm³/mol. The van der Waals surface area contributed by atoms with Gasteiger partial charge in [-0.25, -0.2) is 0 Å². The Hall–Kier alpha value is -1.59. The Balaban J connectivity index is 1.37. The molecule has 5 nitrogen and oxygen atoms in total. The van der Waals surface area contributed by atoms with Gasteiger partial charge < -0.3 is 9.30 Å². The lowest BCUT2D eigenvalue weighted by Gasteiger charge is -2.23. The molecule has 1 aliphatic carbocycles. The Labute approximate surface area is 144 Å². The molecule has 3 heterocycles. The quantitative estimate of drug-likeness (QED) is 0.733. The van der Waals surface area contributed by atoms with Crippen LogP contribution in [0.5, 0.6) is 0 Å². The molecule has 1 unspecified atom stereocenters. The van der Waals surface area contributed by atoms with Crippen molar-refractivity contribution in [3.05, 3.63) is 42.0 Å². The van der Waals surface area contributed by atoms with Crippen molar-refractivity contribution in [3.8, 4) is 0 Å². The maximum absolute atomic E-state index is 5.89. The molecule has 24 heavy (non-hydrogen) atoms. The van der Waals surface area contributed by atoms with Crippen molar-refractivity contribution in [1.29, 1.82) is 0 Å². The largest absolute Gasteiger partial charge is 0.381 e. The summed E-state index contributed by atoms with van der Waals surface area (Å²) in [5, 5.41) is 4.31. The van der Waals surface area contributed by atoms with Crippen LogP contribution in [0.15, 0.2) is 30.7 Å². The molecule has 4 rings (SSSR count). The molecule has 0 radical (unpaired) electrons. The molecule has 1 aliphatic heterocycles. The SMILES string of the molecule is Cn1cc(CN2Cc3cccn3CC(CCOCC3CC3)C2)cn1. The summed E-state index contributed by atoms with van der Waals surface area (Å²) in [4.78, 5) is 2.56. The Kier molecular flexibility index (Phi) is 4.72. The first-order valence-electron chi connectivity index (χ1n) is 9.18. The Bertz CT molecular complexity index is 658. The molecular formula is C19H28N4O. The molecule has 2 aromatic rings. The summed E-state index contributed by atoms with van der Waals surface area (Å²) in [6, 6.07) is 4.42. The molecule has 130 valence electrons. The normalized spacial score (nSPS) is 21.6. The van der Waals surface area contributed by atoms with Crippen molar-refractivity contribution >= 4 is 0 Å². The van der Waals surface area contributed by atoms with E-state index in [1.165, 1.54) is 24.1 Å². The Morgan fingerprint density at radius 1 is 1.25 bits per heavy atom. The van der Waals surface area contributed by atoms with E-state index in [0.29, 0.717) is 5.92 Å². The average molecular weight is 328 g/mol. The molecule has 5 heteroatoms. The third-order valence-corrected chi connectivity index (χ3v) is 5.17. The smallest absolute Gasteiger partial charge is 0.0534 e. The second-order valence-corrected chi connectivity index (χ2v) is 7.52. The van der Waals surface area contributed by atoms with Gasteiger partial charge in [0.1, 0.15) is 0 Å². The first-order chi connectivity index (χ1) is 11.8. The number of fused-ring (bicyclic) bond motifs is 1. The van der Waals surface area contributed by atoms with E-state index in [2.05, 4.69) is 39.1 Å². The fraction of sp³-hybridized carbons (Fsp3) is 0.632. The van der Waals surface area contributed by atoms with E-state index in [-0.39, 0.29) is 0 Å². The lowest BCUT2D eigenvalue weighted by Crippen LogP contribution is -2.28. The van der Waals surface area contributed by atoms with E-state index in [9.17, 15) is 0 Å². The van der Waals surface area contributed by atoms with Gasteiger partial charge in [-0.2, -0.15) is 5.10 Å². The van der Waals surface area contributed by atoms with Crippen LogP contribution in [0.25, 0.3) is 0 Å². The molecule has 0 amide bonds. The standard InChI is InChI=1S/C19H28N4O/c1-21-10-18(9-20-21)12-22-11-17(6-8-24-15-16-4-5-16)13-23-7-2-3-19(23)14-22/h2-3,7,9-10,16-17H,4-6,8,11-15H2,1H3. The number of hydrogen-bond acceptors (Lipinski definition) is 3. The number of ether oxygens (including phenoxy) is 1.